The number of hydrogen-bond donors (Lipinski definition) is 1. The molecule has 1 aromatic carbocycles. The van der Waals surface area contributed by atoms with E-state index in [0.717, 1.165) is 36.2 Å². The van der Waals surface area contributed by atoms with Crippen molar-refractivity contribution in [2.24, 2.45) is 5.73 Å². The molecule has 2 aromatic rings. The van der Waals surface area contributed by atoms with Crippen LogP contribution in [-0.2, 0) is 17.8 Å². The van der Waals surface area contributed by atoms with Crippen molar-refractivity contribution in [3.8, 4) is 6.07 Å². The van der Waals surface area contributed by atoms with E-state index in [1.165, 1.54) is 0 Å². The molecular formula is C15H17ClN4O. The molecule has 6 heteroatoms. The molecule has 0 spiro atoms. The molecule has 0 unspecified atom stereocenters. The van der Waals surface area contributed by atoms with Gasteiger partial charge in [0.2, 0.25) is 5.91 Å². The maximum Gasteiger partial charge on any atom is 0.217 e. The molecular weight excluding hydrogens is 288 g/mol. The van der Waals surface area contributed by atoms with E-state index in [4.69, 9.17) is 22.6 Å². The van der Waals surface area contributed by atoms with Crippen molar-refractivity contribution in [2.45, 2.75) is 32.2 Å². The van der Waals surface area contributed by atoms with E-state index < -0.39 is 0 Å². The molecule has 0 fully saturated rings. The molecule has 1 heterocycles. The number of carbonyl (C=O) groups excluding carboxylic acids is 1. The molecule has 21 heavy (non-hydrogen) atoms. The Morgan fingerprint density at radius 2 is 2.24 bits per heavy atom. The number of amides is 1. The molecule has 0 bridgehead atoms. The van der Waals surface area contributed by atoms with Gasteiger partial charge in [-0.05, 0) is 25.0 Å². The second kappa shape index (κ2) is 7.09. The molecule has 0 atom stereocenters. The van der Waals surface area contributed by atoms with Gasteiger partial charge in [0.1, 0.15) is 17.4 Å². The lowest BCUT2D eigenvalue weighted by atomic mass is 10.2. The Bertz CT molecular complexity index is 687. The van der Waals surface area contributed by atoms with Crippen molar-refractivity contribution in [3.05, 3.63) is 29.6 Å². The number of primary amides is 1. The lowest BCUT2D eigenvalue weighted by Crippen LogP contribution is -2.11. The zero-order chi connectivity index (χ0) is 15.2. The van der Waals surface area contributed by atoms with Gasteiger partial charge in [-0.15, -0.1) is 11.6 Å². The molecule has 110 valence electrons. The minimum atomic E-state index is -0.279. The van der Waals surface area contributed by atoms with Gasteiger partial charge in [-0.25, -0.2) is 4.98 Å². The lowest BCUT2D eigenvalue weighted by molar-refractivity contribution is -0.118. The van der Waals surface area contributed by atoms with E-state index in [0.29, 0.717) is 24.3 Å². The fourth-order valence-corrected chi connectivity index (χ4v) is 2.55. The largest absolute Gasteiger partial charge is 0.370 e. The summed E-state index contributed by atoms with van der Waals surface area (Å²) < 4.78 is 2.08. The maximum absolute atomic E-state index is 10.8. The molecule has 0 aliphatic rings. The van der Waals surface area contributed by atoms with Gasteiger partial charge in [0.25, 0.3) is 0 Å². The Morgan fingerprint density at radius 1 is 1.43 bits per heavy atom. The third-order valence-electron chi connectivity index (χ3n) is 3.35. The standard InChI is InChI=1S/C15H17ClN4O/c16-8-7-14-19-15-11(10-17)4-3-5-12(15)20(14)9-2-1-6-13(18)21/h3-5H,1-2,6-9H2,(H2,18,21). The summed E-state index contributed by atoms with van der Waals surface area (Å²) in [5.41, 5.74) is 7.37. The van der Waals surface area contributed by atoms with Crippen molar-refractivity contribution < 1.29 is 4.79 Å². The van der Waals surface area contributed by atoms with Crippen LogP contribution in [0.5, 0.6) is 0 Å². The summed E-state index contributed by atoms with van der Waals surface area (Å²) in [5, 5.41) is 9.16. The first kappa shape index (κ1) is 15.3. The molecule has 0 radical (unpaired) electrons. The monoisotopic (exact) mass is 304 g/mol. The van der Waals surface area contributed by atoms with Gasteiger partial charge in [0, 0.05) is 25.3 Å². The zero-order valence-corrected chi connectivity index (χ0v) is 12.4. The summed E-state index contributed by atoms with van der Waals surface area (Å²) in [7, 11) is 0. The number of unbranched alkanes of at least 4 members (excludes halogenated alkanes) is 1. The summed E-state index contributed by atoms with van der Waals surface area (Å²) in [6.07, 6.45) is 2.62. The molecule has 2 N–H and O–H groups in total. The summed E-state index contributed by atoms with van der Waals surface area (Å²) in [4.78, 5) is 15.3. The van der Waals surface area contributed by atoms with Gasteiger partial charge in [0.05, 0.1) is 11.1 Å². The van der Waals surface area contributed by atoms with E-state index in [-0.39, 0.29) is 5.91 Å². The average Bonchev–Trinajstić information content (AvgIpc) is 2.81. The molecule has 1 aromatic heterocycles. The SMILES string of the molecule is N#Cc1cccc2c1nc(CCCl)n2CCCCC(N)=O. The number of imidazole rings is 1. The first-order valence-corrected chi connectivity index (χ1v) is 7.43. The fourth-order valence-electron chi connectivity index (χ4n) is 2.38. The number of nitriles is 1. The Hall–Kier alpha value is -2.06. The number of para-hydroxylation sites is 1. The number of nitrogens with zero attached hydrogens (tertiary/aromatic N) is 3. The van der Waals surface area contributed by atoms with Crippen LogP contribution in [0.3, 0.4) is 0 Å². The van der Waals surface area contributed by atoms with Gasteiger partial charge in [0.15, 0.2) is 0 Å². The number of fused-ring (bicyclic) bond motifs is 1. The molecule has 0 saturated heterocycles. The highest BCUT2D eigenvalue weighted by molar-refractivity contribution is 6.17. The van der Waals surface area contributed by atoms with E-state index in [2.05, 4.69) is 15.6 Å². The molecule has 2 rings (SSSR count). The van der Waals surface area contributed by atoms with Crippen molar-refractivity contribution in [1.82, 2.24) is 9.55 Å². The van der Waals surface area contributed by atoms with Crippen molar-refractivity contribution in [2.75, 3.05) is 5.88 Å². The smallest absolute Gasteiger partial charge is 0.217 e. The number of benzene rings is 1. The van der Waals surface area contributed by atoms with E-state index >= 15 is 0 Å². The number of aryl methyl sites for hydroxylation is 2. The lowest BCUT2D eigenvalue weighted by Gasteiger charge is -2.08. The van der Waals surface area contributed by atoms with E-state index in [1.807, 2.05) is 12.1 Å². The van der Waals surface area contributed by atoms with Crippen LogP contribution in [0.25, 0.3) is 11.0 Å². The summed E-state index contributed by atoms with van der Waals surface area (Å²) in [5.74, 6) is 1.08. The van der Waals surface area contributed by atoms with Crippen LogP contribution in [0.15, 0.2) is 18.2 Å². The number of rotatable bonds is 7. The van der Waals surface area contributed by atoms with Gasteiger partial charge < -0.3 is 10.3 Å². The Labute approximate surface area is 128 Å². The minimum absolute atomic E-state index is 0.279. The molecule has 1 amide bonds. The fraction of sp³-hybridized carbons (Fsp3) is 0.400. The molecule has 0 aliphatic carbocycles. The number of carbonyl (C=O) groups is 1. The van der Waals surface area contributed by atoms with Crippen LogP contribution < -0.4 is 5.73 Å². The maximum atomic E-state index is 10.8. The third kappa shape index (κ3) is 3.53. The van der Waals surface area contributed by atoms with Crippen LogP contribution in [0.1, 0.15) is 30.7 Å². The van der Waals surface area contributed by atoms with Crippen LogP contribution in [0.4, 0.5) is 0 Å². The van der Waals surface area contributed by atoms with Crippen molar-refractivity contribution in [3.63, 3.8) is 0 Å². The van der Waals surface area contributed by atoms with Gasteiger partial charge >= 0.3 is 0 Å². The minimum Gasteiger partial charge on any atom is -0.370 e. The number of alkyl halides is 1. The number of aromatic nitrogens is 2. The number of halogens is 1. The Balaban J connectivity index is 2.29. The third-order valence-corrected chi connectivity index (χ3v) is 3.54. The van der Waals surface area contributed by atoms with Crippen LogP contribution >= 0.6 is 11.6 Å². The van der Waals surface area contributed by atoms with Crippen molar-refractivity contribution in [1.29, 1.82) is 5.26 Å². The van der Waals surface area contributed by atoms with Gasteiger partial charge in [-0.1, -0.05) is 6.07 Å². The quantitative estimate of drug-likeness (QED) is 0.629. The molecule has 0 aliphatic heterocycles. The number of nitrogens with two attached hydrogens (primary N) is 1. The highest BCUT2D eigenvalue weighted by Crippen LogP contribution is 2.21. The molecule has 5 nitrogen and oxygen atoms in total. The first-order valence-electron chi connectivity index (χ1n) is 6.90. The topological polar surface area (TPSA) is 84.7 Å². The first-order chi connectivity index (χ1) is 10.2. The summed E-state index contributed by atoms with van der Waals surface area (Å²) in [6.45, 7) is 0.741. The van der Waals surface area contributed by atoms with E-state index in [9.17, 15) is 4.79 Å². The van der Waals surface area contributed by atoms with Crippen LogP contribution in [0, 0.1) is 11.3 Å². The summed E-state index contributed by atoms with van der Waals surface area (Å²) >= 11 is 5.83. The normalized spacial score (nSPS) is 10.7. The van der Waals surface area contributed by atoms with Gasteiger partial charge in [-0.2, -0.15) is 5.26 Å². The average molecular weight is 305 g/mol. The Kier molecular flexibility index (Phi) is 5.18. The van der Waals surface area contributed by atoms with Crippen LogP contribution in [0.2, 0.25) is 0 Å². The highest BCUT2D eigenvalue weighted by Gasteiger charge is 2.13. The number of hydrogen-bond acceptors (Lipinski definition) is 3. The second-order valence-electron chi connectivity index (χ2n) is 4.83. The second-order valence-corrected chi connectivity index (χ2v) is 5.21. The highest BCUT2D eigenvalue weighted by atomic mass is 35.5. The van der Waals surface area contributed by atoms with Gasteiger partial charge in [-0.3, -0.25) is 4.79 Å². The zero-order valence-electron chi connectivity index (χ0n) is 11.7. The summed E-state index contributed by atoms with van der Waals surface area (Å²) in [6, 6.07) is 7.73. The molecule has 0 saturated carbocycles. The Morgan fingerprint density at radius 3 is 2.90 bits per heavy atom. The predicted octanol–water partition coefficient (Wildman–Crippen LogP) is 2.34. The van der Waals surface area contributed by atoms with Crippen LogP contribution in [-0.4, -0.2) is 21.3 Å². The van der Waals surface area contributed by atoms with Crippen molar-refractivity contribution >= 4 is 28.5 Å². The predicted molar refractivity (Wildman–Crippen MR) is 81.9 cm³/mol. The van der Waals surface area contributed by atoms with E-state index in [1.54, 1.807) is 6.07 Å².